The molecule has 134 valence electrons. The van der Waals surface area contributed by atoms with E-state index in [0.717, 1.165) is 0 Å². The number of benzene rings is 2. The summed E-state index contributed by atoms with van der Waals surface area (Å²) in [5.74, 6) is -0.459. The Balaban J connectivity index is 2.07. The zero-order valence-electron chi connectivity index (χ0n) is 14.1. The van der Waals surface area contributed by atoms with Gasteiger partial charge in [-0.1, -0.05) is 0 Å². The van der Waals surface area contributed by atoms with E-state index in [1.165, 1.54) is 48.4 Å². The van der Waals surface area contributed by atoms with Gasteiger partial charge in [0.05, 0.1) is 17.8 Å². The van der Waals surface area contributed by atoms with Crippen LogP contribution in [-0.2, 0) is 14.6 Å². The average Bonchev–Trinajstić information content (AvgIpc) is 2.62. The van der Waals surface area contributed by atoms with E-state index in [9.17, 15) is 17.6 Å². The Hall–Kier alpha value is -2.41. The van der Waals surface area contributed by atoms with Gasteiger partial charge >= 0.3 is 0 Å². The molecule has 0 bridgehead atoms. The van der Waals surface area contributed by atoms with Crippen molar-refractivity contribution in [1.29, 1.82) is 0 Å². The number of nitrogens with zero attached hydrogens (tertiary/aromatic N) is 1. The predicted octanol–water partition coefficient (Wildman–Crippen LogP) is 3.05. The van der Waals surface area contributed by atoms with Crippen LogP contribution in [0.2, 0.25) is 0 Å². The fourth-order valence-corrected chi connectivity index (χ4v) is 3.61. The Bertz CT molecular complexity index is 817. The summed E-state index contributed by atoms with van der Waals surface area (Å²) in [4.78, 5) is 14.0. The van der Waals surface area contributed by atoms with Gasteiger partial charge in [0.15, 0.2) is 9.84 Å². The number of anilines is 1. The first-order valence-electron chi connectivity index (χ1n) is 7.80. The van der Waals surface area contributed by atoms with Gasteiger partial charge in [0.1, 0.15) is 11.6 Å². The van der Waals surface area contributed by atoms with Crippen molar-refractivity contribution in [3.8, 4) is 5.75 Å². The molecule has 0 saturated carbocycles. The van der Waals surface area contributed by atoms with Crippen molar-refractivity contribution in [2.24, 2.45) is 0 Å². The first kappa shape index (κ1) is 18.9. The molecule has 0 aliphatic carbocycles. The maximum atomic E-state index is 13.0. The van der Waals surface area contributed by atoms with E-state index in [1.54, 1.807) is 19.1 Å². The van der Waals surface area contributed by atoms with E-state index in [2.05, 4.69) is 0 Å². The van der Waals surface area contributed by atoms with Crippen LogP contribution in [0.4, 0.5) is 10.1 Å². The van der Waals surface area contributed by atoms with Crippen LogP contribution in [0.3, 0.4) is 0 Å². The van der Waals surface area contributed by atoms with Crippen LogP contribution in [0.5, 0.6) is 5.75 Å². The quantitative estimate of drug-likeness (QED) is 0.756. The Morgan fingerprint density at radius 2 is 1.68 bits per heavy atom. The lowest BCUT2D eigenvalue weighted by Gasteiger charge is -2.21. The van der Waals surface area contributed by atoms with Gasteiger partial charge in [0.2, 0.25) is 5.91 Å². The normalized spacial score (nSPS) is 11.2. The molecule has 2 rings (SSSR count). The summed E-state index contributed by atoms with van der Waals surface area (Å²) in [5, 5.41) is 0. The molecule has 0 radical (unpaired) electrons. The van der Waals surface area contributed by atoms with Crippen molar-refractivity contribution in [2.45, 2.75) is 18.2 Å². The molecule has 7 heteroatoms. The predicted molar refractivity (Wildman–Crippen MR) is 94.1 cm³/mol. The summed E-state index contributed by atoms with van der Waals surface area (Å²) in [6.45, 7) is 2.15. The molecule has 0 aromatic heterocycles. The standard InChI is InChI=1S/C18H20FNO4S/c1-3-20(15-6-4-14(19)5-7-15)18(21)12-13-25(22,23)17-10-8-16(24-2)9-11-17/h4-11H,3,12-13H2,1-2H3. The summed E-state index contributed by atoms with van der Waals surface area (Å²) >= 11 is 0. The van der Waals surface area contributed by atoms with Gasteiger partial charge in [-0.25, -0.2) is 12.8 Å². The van der Waals surface area contributed by atoms with Crippen molar-refractivity contribution in [3.05, 3.63) is 54.3 Å². The number of rotatable bonds is 7. The second kappa shape index (κ2) is 8.11. The van der Waals surface area contributed by atoms with Gasteiger partial charge in [0.25, 0.3) is 0 Å². The van der Waals surface area contributed by atoms with Crippen molar-refractivity contribution in [2.75, 3.05) is 24.3 Å². The second-order valence-corrected chi connectivity index (χ2v) is 7.47. The van der Waals surface area contributed by atoms with Gasteiger partial charge in [-0.05, 0) is 55.5 Å². The highest BCUT2D eigenvalue weighted by atomic mass is 32.2. The van der Waals surface area contributed by atoms with Crippen LogP contribution in [0.25, 0.3) is 0 Å². The molecule has 0 unspecified atom stereocenters. The van der Waals surface area contributed by atoms with E-state index in [4.69, 9.17) is 4.74 Å². The molecule has 2 aromatic rings. The lowest BCUT2D eigenvalue weighted by Crippen LogP contribution is -2.32. The van der Waals surface area contributed by atoms with Crippen LogP contribution in [0.1, 0.15) is 13.3 Å². The zero-order chi connectivity index (χ0) is 18.4. The number of carbonyl (C=O) groups excluding carboxylic acids is 1. The molecule has 0 fully saturated rings. The number of halogens is 1. The van der Waals surface area contributed by atoms with Gasteiger partial charge in [0, 0.05) is 18.7 Å². The number of carbonyl (C=O) groups is 1. The number of ether oxygens (including phenoxy) is 1. The number of sulfone groups is 1. The molecule has 0 N–H and O–H groups in total. The minimum absolute atomic E-state index is 0.144. The van der Waals surface area contributed by atoms with E-state index < -0.39 is 15.7 Å². The molecule has 5 nitrogen and oxygen atoms in total. The Kier molecular flexibility index (Phi) is 6.14. The van der Waals surface area contributed by atoms with Crippen LogP contribution in [0.15, 0.2) is 53.4 Å². The van der Waals surface area contributed by atoms with E-state index in [1.807, 2.05) is 0 Å². The summed E-state index contributed by atoms with van der Waals surface area (Å²) in [7, 11) is -2.08. The van der Waals surface area contributed by atoms with E-state index >= 15 is 0 Å². The molecule has 1 amide bonds. The first-order chi connectivity index (χ1) is 11.9. The number of methoxy groups -OCH3 is 1. The Morgan fingerprint density at radius 1 is 1.08 bits per heavy atom. The van der Waals surface area contributed by atoms with Crippen LogP contribution in [-0.4, -0.2) is 33.7 Å². The molecular weight excluding hydrogens is 345 g/mol. The number of hydrogen-bond acceptors (Lipinski definition) is 4. The van der Waals surface area contributed by atoms with Crippen molar-refractivity contribution in [3.63, 3.8) is 0 Å². The summed E-state index contributed by atoms with van der Waals surface area (Å²) in [6.07, 6.45) is -0.153. The largest absolute Gasteiger partial charge is 0.497 e. The molecule has 25 heavy (non-hydrogen) atoms. The van der Waals surface area contributed by atoms with Crippen LogP contribution in [0, 0.1) is 5.82 Å². The highest BCUT2D eigenvalue weighted by Crippen LogP contribution is 2.19. The molecule has 0 spiro atoms. The van der Waals surface area contributed by atoms with Crippen LogP contribution < -0.4 is 9.64 Å². The van der Waals surface area contributed by atoms with Gasteiger partial charge in [-0.3, -0.25) is 4.79 Å². The maximum absolute atomic E-state index is 13.0. The van der Waals surface area contributed by atoms with Gasteiger partial charge in [-0.15, -0.1) is 0 Å². The van der Waals surface area contributed by atoms with Crippen molar-refractivity contribution >= 4 is 21.4 Å². The minimum atomic E-state index is -3.57. The average molecular weight is 365 g/mol. The van der Waals surface area contributed by atoms with Gasteiger partial charge in [-0.2, -0.15) is 0 Å². The monoisotopic (exact) mass is 365 g/mol. The zero-order valence-corrected chi connectivity index (χ0v) is 14.9. The highest BCUT2D eigenvalue weighted by molar-refractivity contribution is 7.91. The van der Waals surface area contributed by atoms with Crippen molar-refractivity contribution in [1.82, 2.24) is 0 Å². The lowest BCUT2D eigenvalue weighted by atomic mass is 10.2. The maximum Gasteiger partial charge on any atom is 0.228 e. The van der Waals surface area contributed by atoms with Crippen LogP contribution >= 0.6 is 0 Å². The van der Waals surface area contributed by atoms with Gasteiger partial charge < -0.3 is 9.64 Å². The molecular formula is C18H20FNO4S. The third kappa shape index (κ3) is 4.79. The van der Waals surface area contributed by atoms with E-state index in [-0.39, 0.29) is 23.0 Å². The Morgan fingerprint density at radius 3 is 2.20 bits per heavy atom. The molecule has 0 heterocycles. The molecule has 0 atom stereocenters. The molecule has 0 aliphatic rings. The molecule has 0 saturated heterocycles. The minimum Gasteiger partial charge on any atom is -0.497 e. The second-order valence-electron chi connectivity index (χ2n) is 5.36. The fraction of sp³-hybridized carbons (Fsp3) is 0.278. The Labute approximate surface area is 147 Å². The molecule has 2 aromatic carbocycles. The summed E-state index contributed by atoms with van der Waals surface area (Å²) < 4.78 is 42.7. The molecule has 0 aliphatic heterocycles. The smallest absolute Gasteiger partial charge is 0.228 e. The summed E-state index contributed by atoms with van der Waals surface area (Å²) in [6, 6.07) is 11.5. The lowest BCUT2D eigenvalue weighted by molar-refractivity contribution is -0.118. The topological polar surface area (TPSA) is 63.7 Å². The number of hydrogen-bond donors (Lipinski definition) is 0. The fourth-order valence-electron chi connectivity index (χ4n) is 2.38. The third-order valence-corrected chi connectivity index (χ3v) is 5.49. The van der Waals surface area contributed by atoms with E-state index in [0.29, 0.717) is 18.0 Å². The SMILES string of the molecule is CCN(C(=O)CCS(=O)(=O)c1ccc(OC)cc1)c1ccc(F)cc1. The number of amides is 1. The third-order valence-electron chi connectivity index (χ3n) is 3.76. The highest BCUT2D eigenvalue weighted by Gasteiger charge is 2.20. The van der Waals surface area contributed by atoms with Crippen molar-refractivity contribution < 1.29 is 22.3 Å². The first-order valence-corrected chi connectivity index (χ1v) is 9.45. The summed E-state index contributed by atoms with van der Waals surface area (Å²) in [5.41, 5.74) is 0.538.